The second-order valence-electron chi connectivity index (χ2n) is 2.77. The Hall–Kier alpha value is -0.250. The molecule has 2 heteroatoms. The first-order valence-corrected chi connectivity index (χ1v) is 5.23. The van der Waals surface area contributed by atoms with E-state index in [4.69, 9.17) is 4.74 Å². The lowest BCUT2D eigenvalue weighted by Crippen LogP contribution is -2.10. The van der Waals surface area contributed by atoms with Gasteiger partial charge in [0.1, 0.15) is 5.75 Å². The highest BCUT2D eigenvalue weighted by atomic mass is 127. The molecule has 1 aromatic rings. The van der Waals surface area contributed by atoms with Gasteiger partial charge in [-0.15, -0.1) is 0 Å². The molecule has 66 valence electrons. The zero-order valence-electron chi connectivity index (χ0n) is 7.38. The van der Waals surface area contributed by atoms with Crippen molar-refractivity contribution in [3.63, 3.8) is 0 Å². The van der Waals surface area contributed by atoms with Crippen LogP contribution >= 0.6 is 22.6 Å². The summed E-state index contributed by atoms with van der Waals surface area (Å²) in [6.07, 6.45) is 1.35. The van der Waals surface area contributed by atoms with Crippen LogP contribution in [-0.4, -0.2) is 6.10 Å². The van der Waals surface area contributed by atoms with Crippen molar-refractivity contribution in [2.24, 2.45) is 0 Å². The molecular formula is C10H13IO. The average molecular weight is 276 g/mol. The lowest BCUT2D eigenvalue weighted by Gasteiger charge is -2.13. The highest BCUT2D eigenvalue weighted by Crippen LogP contribution is 2.21. The molecule has 0 saturated carbocycles. The highest BCUT2D eigenvalue weighted by molar-refractivity contribution is 14.1. The molecule has 0 aliphatic rings. The van der Waals surface area contributed by atoms with Crippen LogP contribution < -0.4 is 4.74 Å². The third-order valence-corrected chi connectivity index (χ3v) is 2.63. The van der Waals surface area contributed by atoms with Crippen molar-refractivity contribution in [1.29, 1.82) is 0 Å². The van der Waals surface area contributed by atoms with Gasteiger partial charge in [-0.05, 0) is 48.1 Å². The number of halogens is 1. The molecule has 0 aliphatic carbocycles. The zero-order valence-corrected chi connectivity index (χ0v) is 9.54. The van der Waals surface area contributed by atoms with Gasteiger partial charge in [-0.25, -0.2) is 0 Å². The van der Waals surface area contributed by atoms with Gasteiger partial charge in [0.05, 0.1) is 9.67 Å². The Labute approximate surface area is 87.3 Å². The number of ether oxygens (including phenoxy) is 1. The number of hydrogen-bond acceptors (Lipinski definition) is 1. The van der Waals surface area contributed by atoms with E-state index in [0.717, 1.165) is 12.2 Å². The Balaban J connectivity index is 2.69. The lowest BCUT2D eigenvalue weighted by molar-refractivity contribution is 0.216. The van der Waals surface area contributed by atoms with Gasteiger partial charge in [0.25, 0.3) is 0 Å². The minimum Gasteiger partial charge on any atom is -0.490 e. The van der Waals surface area contributed by atoms with Crippen LogP contribution in [0.1, 0.15) is 20.3 Å². The summed E-state index contributed by atoms with van der Waals surface area (Å²) < 4.78 is 6.86. The van der Waals surface area contributed by atoms with E-state index in [0.29, 0.717) is 6.10 Å². The zero-order chi connectivity index (χ0) is 8.97. The van der Waals surface area contributed by atoms with Crippen molar-refractivity contribution >= 4 is 22.6 Å². The van der Waals surface area contributed by atoms with Crippen molar-refractivity contribution < 1.29 is 4.74 Å². The first-order chi connectivity index (χ1) is 5.74. The second kappa shape index (κ2) is 4.70. The summed E-state index contributed by atoms with van der Waals surface area (Å²) in [6, 6.07) is 8.08. The van der Waals surface area contributed by atoms with Crippen molar-refractivity contribution in [2.75, 3.05) is 0 Å². The van der Waals surface area contributed by atoms with E-state index in [1.807, 2.05) is 18.2 Å². The van der Waals surface area contributed by atoms with E-state index < -0.39 is 0 Å². The van der Waals surface area contributed by atoms with Crippen LogP contribution in [0.25, 0.3) is 0 Å². The van der Waals surface area contributed by atoms with Crippen LogP contribution in [0.15, 0.2) is 24.3 Å². The van der Waals surface area contributed by atoms with Gasteiger partial charge in [-0.2, -0.15) is 0 Å². The highest BCUT2D eigenvalue weighted by Gasteiger charge is 2.02. The average Bonchev–Trinajstić information content (AvgIpc) is 2.09. The predicted molar refractivity (Wildman–Crippen MR) is 59.5 cm³/mol. The Morgan fingerprint density at radius 1 is 1.42 bits per heavy atom. The maximum absolute atomic E-state index is 5.69. The van der Waals surface area contributed by atoms with Crippen molar-refractivity contribution in [3.05, 3.63) is 27.8 Å². The molecule has 0 radical (unpaired) electrons. The summed E-state index contributed by atoms with van der Waals surface area (Å²) in [5, 5.41) is 0. The molecule has 1 atom stereocenters. The number of para-hydroxylation sites is 1. The number of rotatable bonds is 3. The number of hydrogen-bond donors (Lipinski definition) is 0. The Bertz CT molecular complexity index is 247. The third-order valence-electron chi connectivity index (χ3n) is 1.74. The van der Waals surface area contributed by atoms with Crippen LogP contribution in [0, 0.1) is 3.57 Å². The van der Waals surface area contributed by atoms with Crippen LogP contribution in [0.5, 0.6) is 5.75 Å². The molecule has 12 heavy (non-hydrogen) atoms. The molecule has 0 N–H and O–H groups in total. The molecule has 0 amide bonds. The van der Waals surface area contributed by atoms with Crippen molar-refractivity contribution in [2.45, 2.75) is 26.4 Å². The molecule has 1 aromatic carbocycles. The topological polar surface area (TPSA) is 9.23 Å². The van der Waals surface area contributed by atoms with Crippen LogP contribution in [0.4, 0.5) is 0 Å². The van der Waals surface area contributed by atoms with E-state index in [1.54, 1.807) is 0 Å². The van der Waals surface area contributed by atoms with E-state index in [1.165, 1.54) is 3.57 Å². The van der Waals surface area contributed by atoms with Gasteiger partial charge in [-0.3, -0.25) is 0 Å². The molecule has 0 unspecified atom stereocenters. The lowest BCUT2D eigenvalue weighted by atomic mass is 10.3. The molecule has 1 nitrogen and oxygen atoms in total. The summed E-state index contributed by atoms with van der Waals surface area (Å²) in [5.74, 6) is 0.993. The van der Waals surface area contributed by atoms with Crippen LogP contribution in [0.3, 0.4) is 0 Å². The monoisotopic (exact) mass is 276 g/mol. The molecule has 0 aromatic heterocycles. The molecule has 1 rings (SSSR count). The molecule has 0 saturated heterocycles. The molecule has 0 bridgehead atoms. The predicted octanol–water partition coefficient (Wildman–Crippen LogP) is 3.47. The third kappa shape index (κ3) is 2.66. The first kappa shape index (κ1) is 9.84. The Morgan fingerprint density at radius 2 is 2.08 bits per heavy atom. The molecule has 0 aliphatic heterocycles. The molecule has 0 fully saturated rings. The van der Waals surface area contributed by atoms with Gasteiger partial charge in [0, 0.05) is 0 Å². The normalized spacial score (nSPS) is 12.6. The van der Waals surface area contributed by atoms with E-state index in [-0.39, 0.29) is 0 Å². The number of benzene rings is 1. The van der Waals surface area contributed by atoms with Gasteiger partial charge in [0.15, 0.2) is 0 Å². The summed E-state index contributed by atoms with van der Waals surface area (Å²) in [7, 11) is 0. The molecule has 0 heterocycles. The van der Waals surface area contributed by atoms with Gasteiger partial charge in [0.2, 0.25) is 0 Å². The van der Waals surface area contributed by atoms with Gasteiger partial charge < -0.3 is 4.74 Å². The summed E-state index contributed by atoms with van der Waals surface area (Å²) in [5.41, 5.74) is 0. The van der Waals surface area contributed by atoms with Crippen molar-refractivity contribution in [3.8, 4) is 5.75 Å². The van der Waals surface area contributed by atoms with E-state index in [2.05, 4.69) is 42.5 Å². The van der Waals surface area contributed by atoms with Crippen LogP contribution in [-0.2, 0) is 0 Å². The fourth-order valence-corrected chi connectivity index (χ4v) is 1.35. The second-order valence-corrected chi connectivity index (χ2v) is 3.93. The van der Waals surface area contributed by atoms with Gasteiger partial charge >= 0.3 is 0 Å². The van der Waals surface area contributed by atoms with E-state index in [9.17, 15) is 0 Å². The maximum atomic E-state index is 5.69. The summed E-state index contributed by atoms with van der Waals surface area (Å²) in [6.45, 7) is 4.21. The smallest absolute Gasteiger partial charge is 0.133 e. The summed E-state index contributed by atoms with van der Waals surface area (Å²) >= 11 is 2.29. The Morgan fingerprint density at radius 3 is 2.67 bits per heavy atom. The first-order valence-electron chi connectivity index (χ1n) is 4.15. The van der Waals surface area contributed by atoms with Gasteiger partial charge in [-0.1, -0.05) is 19.1 Å². The summed E-state index contributed by atoms with van der Waals surface area (Å²) in [4.78, 5) is 0. The van der Waals surface area contributed by atoms with Crippen molar-refractivity contribution in [1.82, 2.24) is 0 Å². The fourth-order valence-electron chi connectivity index (χ4n) is 0.840. The van der Waals surface area contributed by atoms with E-state index >= 15 is 0 Å². The SMILES string of the molecule is CC[C@@H](C)Oc1ccccc1I. The standard InChI is InChI=1S/C10H13IO/c1-3-8(2)12-10-7-5-4-6-9(10)11/h4-8H,3H2,1-2H3/t8-/m1/s1. The largest absolute Gasteiger partial charge is 0.490 e. The Kier molecular flexibility index (Phi) is 3.85. The maximum Gasteiger partial charge on any atom is 0.133 e. The quantitative estimate of drug-likeness (QED) is 0.768. The minimum atomic E-state index is 0.306. The molecule has 0 spiro atoms. The molecular weight excluding hydrogens is 263 g/mol. The fraction of sp³-hybridized carbons (Fsp3) is 0.400. The minimum absolute atomic E-state index is 0.306. The van der Waals surface area contributed by atoms with Crippen LogP contribution in [0.2, 0.25) is 0 Å².